The van der Waals surface area contributed by atoms with Gasteiger partial charge in [0, 0.05) is 12.1 Å². The van der Waals surface area contributed by atoms with Crippen LogP contribution >= 0.6 is 0 Å². The molecule has 0 unspecified atom stereocenters. The minimum atomic E-state index is -1.67. The van der Waals surface area contributed by atoms with E-state index in [1.165, 1.54) is 32.1 Å². The lowest BCUT2D eigenvalue weighted by molar-refractivity contribution is 0.304. The van der Waals surface area contributed by atoms with Crippen molar-refractivity contribution in [3.63, 3.8) is 0 Å². The second-order valence-corrected chi connectivity index (χ2v) is 13.5. The number of nitrogens with zero attached hydrogens (tertiary/aromatic N) is 1. The maximum Gasteiger partial charge on any atom is 0.138 e. The Kier molecular flexibility index (Phi) is 8.96. The Bertz CT molecular complexity index is 668. The topological polar surface area (TPSA) is 22.1 Å². The van der Waals surface area contributed by atoms with Crippen LogP contribution in [-0.4, -0.2) is 19.7 Å². The minimum Gasteiger partial charge on any atom is -0.493 e. The highest BCUT2D eigenvalue weighted by Gasteiger charge is 2.33. The van der Waals surface area contributed by atoms with Crippen LogP contribution in [0.4, 0.5) is 0 Å². The van der Waals surface area contributed by atoms with Crippen molar-refractivity contribution in [3.05, 3.63) is 23.5 Å². The third kappa shape index (κ3) is 7.67. The van der Waals surface area contributed by atoms with Gasteiger partial charge < -0.3 is 4.74 Å². The average molecular weight is 370 g/mol. The first-order chi connectivity index (χ1) is 12.2. The molecule has 26 heavy (non-hydrogen) atoms. The number of ether oxygens (including phenoxy) is 1. The maximum atomic E-state index is 5.90. The number of hydrogen-bond acceptors (Lipinski definition) is 2. The van der Waals surface area contributed by atoms with E-state index >= 15 is 0 Å². The first-order valence-corrected chi connectivity index (χ1v) is 12.8. The minimum absolute atomic E-state index is 0.223. The lowest BCUT2D eigenvalue weighted by Crippen LogP contribution is -2.35. The van der Waals surface area contributed by atoms with Crippen LogP contribution in [0.2, 0.25) is 18.1 Å². The van der Waals surface area contributed by atoms with E-state index in [0.29, 0.717) is 11.4 Å². The smallest absolute Gasteiger partial charge is 0.138 e. The highest BCUT2D eigenvalue weighted by molar-refractivity contribution is 6.87. The number of pyridine rings is 1. The Balaban J connectivity index is 2.73. The molecule has 2 nitrogen and oxygen atoms in total. The van der Waals surface area contributed by atoms with Gasteiger partial charge in [0.05, 0.1) is 6.61 Å². The molecule has 1 heterocycles. The van der Waals surface area contributed by atoms with Gasteiger partial charge in [-0.1, -0.05) is 84.7 Å². The van der Waals surface area contributed by atoms with Crippen LogP contribution in [0.3, 0.4) is 0 Å². The molecule has 0 fully saturated rings. The molecule has 1 aromatic heterocycles. The van der Waals surface area contributed by atoms with E-state index in [-0.39, 0.29) is 5.04 Å². The van der Waals surface area contributed by atoms with Crippen LogP contribution in [0.15, 0.2) is 12.1 Å². The van der Waals surface area contributed by atoms with Crippen LogP contribution < -0.4 is 4.74 Å². The average Bonchev–Trinajstić information content (AvgIpc) is 2.58. The zero-order valence-electron chi connectivity index (χ0n) is 17.5. The molecule has 1 rings (SSSR count). The van der Waals surface area contributed by atoms with Gasteiger partial charge in [0.25, 0.3) is 0 Å². The summed E-state index contributed by atoms with van der Waals surface area (Å²) in [7, 11) is -1.67. The molecule has 0 saturated heterocycles. The van der Waals surface area contributed by atoms with Gasteiger partial charge in [0.2, 0.25) is 0 Å². The van der Waals surface area contributed by atoms with Gasteiger partial charge >= 0.3 is 0 Å². The van der Waals surface area contributed by atoms with Crippen molar-refractivity contribution < 1.29 is 4.74 Å². The van der Waals surface area contributed by atoms with Crippen LogP contribution in [0.5, 0.6) is 5.75 Å². The molecule has 1 aromatic rings. The van der Waals surface area contributed by atoms with Crippen molar-refractivity contribution in [2.75, 3.05) is 6.61 Å². The first kappa shape index (κ1) is 22.3. The normalized spacial score (nSPS) is 11.4. The van der Waals surface area contributed by atoms with Gasteiger partial charge in [-0.15, -0.1) is 12.0 Å². The van der Waals surface area contributed by atoms with Crippen molar-refractivity contribution in [1.29, 1.82) is 0 Å². The van der Waals surface area contributed by atoms with Crippen molar-refractivity contribution in [3.8, 4) is 29.6 Å². The number of rotatable bonds is 8. The van der Waals surface area contributed by atoms with E-state index in [1.807, 2.05) is 12.1 Å². The van der Waals surface area contributed by atoms with E-state index in [2.05, 4.69) is 63.2 Å². The van der Waals surface area contributed by atoms with Gasteiger partial charge in [0.1, 0.15) is 25.2 Å². The second kappa shape index (κ2) is 10.4. The van der Waals surface area contributed by atoms with Crippen molar-refractivity contribution in [2.45, 2.75) is 84.4 Å². The molecule has 0 aliphatic heterocycles. The maximum absolute atomic E-state index is 5.90. The van der Waals surface area contributed by atoms with Crippen LogP contribution in [0, 0.1) is 23.8 Å². The monoisotopic (exact) mass is 369 g/mol. The molecule has 0 atom stereocenters. The summed E-state index contributed by atoms with van der Waals surface area (Å²) in [6.07, 6.45) is 13.0. The molecular formula is C23H35NOSi. The largest absolute Gasteiger partial charge is 0.493 e. The highest BCUT2D eigenvalue weighted by Crippen LogP contribution is 2.35. The van der Waals surface area contributed by atoms with Gasteiger partial charge in [-0.3, -0.25) is 0 Å². The third-order valence-corrected chi connectivity index (χ3v) is 9.59. The lowest BCUT2D eigenvalue weighted by atomic mass is 10.1. The fraction of sp³-hybridized carbons (Fsp3) is 0.609. The third-order valence-electron chi connectivity index (χ3n) is 5.09. The summed E-state index contributed by atoms with van der Waals surface area (Å²) in [6, 6.07) is 3.74. The zero-order valence-corrected chi connectivity index (χ0v) is 18.5. The first-order valence-electron chi connectivity index (χ1n) is 9.84. The number of hydrogen-bond donors (Lipinski definition) is 0. The van der Waals surface area contributed by atoms with Crippen molar-refractivity contribution >= 4 is 8.07 Å². The Hall–Kier alpha value is -1.71. The number of aromatic nitrogens is 1. The van der Waals surface area contributed by atoms with Crippen molar-refractivity contribution in [1.82, 2.24) is 4.98 Å². The quantitative estimate of drug-likeness (QED) is 0.309. The highest BCUT2D eigenvalue weighted by atomic mass is 28.3. The molecule has 142 valence electrons. The molecule has 0 aliphatic carbocycles. The Labute approximate surface area is 162 Å². The summed E-state index contributed by atoms with van der Waals surface area (Å²) in [5, 5.41) is 0.223. The zero-order chi connectivity index (χ0) is 19.6. The predicted octanol–water partition coefficient (Wildman–Crippen LogP) is 6.20. The number of unbranched alkanes of at least 4 members (excludes halogenated alkanes) is 5. The van der Waals surface area contributed by atoms with E-state index in [4.69, 9.17) is 11.2 Å². The molecular weight excluding hydrogens is 334 g/mol. The van der Waals surface area contributed by atoms with E-state index in [1.54, 1.807) is 0 Å². The van der Waals surface area contributed by atoms with Gasteiger partial charge in [0.15, 0.2) is 0 Å². The molecule has 0 aromatic carbocycles. The summed E-state index contributed by atoms with van der Waals surface area (Å²) in [6.45, 7) is 14.3. The lowest BCUT2D eigenvalue weighted by Gasteiger charge is -2.31. The van der Waals surface area contributed by atoms with Gasteiger partial charge in [-0.25, -0.2) is 4.98 Å². The van der Waals surface area contributed by atoms with E-state index in [9.17, 15) is 0 Å². The predicted molar refractivity (Wildman–Crippen MR) is 115 cm³/mol. The summed E-state index contributed by atoms with van der Waals surface area (Å²) >= 11 is 0. The standard InChI is InChI=1S/C23H35NOSi/c1-8-10-11-12-13-14-16-25-22-18-20(9-2)24-21(19-22)15-17-26(6,7)23(3,4)5/h2,18-19H,8,10-14,16H2,1,3-7H3. The molecule has 0 N–H and O–H groups in total. The van der Waals surface area contributed by atoms with Crippen LogP contribution in [-0.2, 0) is 0 Å². The number of terminal acetylenes is 1. The fourth-order valence-electron chi connectivity index (χ4n) is 2.21. The van der Waals surface area contributed by atoms with Gasteiger partial charge in [-0.2, -0.15) is 0 Å². The van der Waals surface area contributed by atoms with E-state index < -0.39 is 8.07 Å². The van der Waals surface area contributed by atoms with E-state index in [0.717, 1.165) is 18.8 Å². The molecule has 0 spiro atoms. The molecule has 0 amide bonds. The van der Waals surface area contributed by atoms with Gasteiger partial charge in [-0.05, 0) is 11.5 Å². The Morgan fingerprint density at radius 3 is 2.27 bits per heavy atom. The fourth-order valence-corrected chi connectivity index (χ4v) is 3.02. The van der Waals surface area contributed by atoms with Crippen LogP contribution in [0.25, 0.3) is 0 Å². The summed E-state index contributed by atoms with van der Waals surface area (Å²) in [4.78, 5) is 4.45. The Morgan fingerprint density at radius 1 is 1.04 bits per heavy atom. The van der Waals surface area contributed by atoms with Crippen LogP contribution in [0.1, 0.15) is 77.6 Å². The summed E-state index contributed by atoms with van der Waals surface area (Å²) in [5.41, 5.74) is 4.79. The molecule has 0 bridgehead atoms. The van der Waals surface area contributed by atoms with Crippen molar-refractivity contribution in [2.24, 2.45) is 0 Å². The SMILES string of the molecule is C#Cc1cc(OCCCCCCCC)cc(C#C[Si](C)(C)C(C)(C)C)n1. The summed E-state index contributed by atoms with van der Waals surface area (Å²) < 4.78 is 5.90. The molecule has 0 radical (unpaired) electrons. The molecule has 0 saturated carbocycles. The molecule has 0 aliphatic rings. The Morgan fingerprint density at radius 2 is 1.65 bits per heavy atom. The molecule has 3 heteroatoms. The second-order valence-electron chi connectivity index (χ2n) is 8.46. The summed E-state index contributed by atoms with van der Waals surface area (Å²) in [5.74, 6) is 6.65.